The van der Waals surface area contributed by atoms with E-state index in [-0.39, 0.29) is 13.2 Å². The normalized spacial score (nSPS) is 13.4. The number of H-pyrrole nitrogens is 1. The minimum atomic E-state index is -3.57. The molecular formula is C19H21N4O3P. The third-order valence-electron chi connectivity index (χ3n) is 4.31. The molecule has 0 bridgehead atoms. The van der Waals surface area contributed by atoms with Gasteiger partial charge in [-0.2, -0.15) is 0 Å². The van der Waals surface area contributed by atoms with Crippen LogP contribution >= 0.6 is 7.60 Å². The number of benzene rings is 2. The van der Waals surface area contributed by atoms with Crippen molar-refractivity contribution in [2.45, 2.75) is 19.6 Å². The van der Waals surface area contributed by atoms with Crippen LogP contribution in [-0.4, -0.2) is 32.7 Å². The molecule has 0 amide bonds. The molecule has 2 aromatic heterocycles. The maximum atomic E-state index is 13.8. The number of nitrogens with zero attached hydrogens (tertiary/aromatic N) is 3. The Morgan fingerprint density at radius 1 is 1.04 bits per heavy atom. The Morgan fingerprint density at radius 2 is 1.70 bits per heavy atom. The molecule has 0 fully saturated rings. The highest BCUT2D eigenvalue weighted by Gasteiger charge is 2.41. The van der Waals surface area contributed by atoms with Gasteiger partial charge in [-0.3, -0.25) is 4.57 Å². The molecule has 4 aromatic rings. The molecule has 0 saturated heterocycles. The van der Waals surface area contributed by atoms with Gasteiger partial charge < -0.3 is 18.6 Å². The first-order chi connectivity index (χ1) is 13.2. The molecule has 1 N–H and O–H groups in total. The molecule has 140 valence electrons. The van der Waals surface area contributed by atoms with Crippen LogP contribution in [-0.2, 0) is 13.6 Å². The molecule has 0 aliphatic carbocycles. The molecule has 0 saturated carbocycles. The van der Waals surface area contributed by atoms with Crippen LogP contribution in [0.15, 0.2) is 54.9 Å². The molecule has 27 heavy (non-hydrogen) atoms. The summed E-state index contributed by atoms with van der Waals surface area (Å²) in [6.07, 6.45) is 1.66. The molecular weight excluding hydrogens is 363 g/mol. The second-order valence-electron chi connectivity index (χ2n) is 6.03. The molecule has 4 rings (SSSR count). The number of hydrogen-bond donors (Lipinski definition) is 1. The molecule has 2 aromatic carbocycles. The van der Waals surface area contributed by atoms with Crippen LogP contribution in [0.2, 0.25) is 0 Å². The third-order valence-corrected chi connectivity index (χ3v) is 6.64. The van der Waals surface area contributed by atoms with Gasteiger partial charge in [0.25, 0.3) is 0 Å². The topological polar surface area (TPSA) is 82.0 Å². The van der Waals surface area contributed by atoms with Crippen LogP contribution < -0.4 is 0 Å². The molecule has 0 radical (unpaired) electrons. The first kappa shape index (κ1) is 17.9. The average molecular weight is 384 g/mol. The summed E-state index contributed by atoms with van der Waals surface area (Å²) in [5.74, 6) is -0.248. The lowest BCUT2D eigenvalue weighted by atomic mass is 10.3. The van der Waals surface area contributed by atoms with Crippen molar-refractivity contribution < 1.29 is 13.6 Å². The molecule has 7 nitrogen and oxygen atoms in total. The number of aromatic nitrogens is 4. The van der Waals surface area contributed by atoms with Crippen LogP contribution in [0, 0.1) is 0 Å². The van der Waals surface area contributed by atoms with E-state index in [1.807, 2.05) is 53.1 Å². The first-order valence-electron chi connectivity index (χ1n) is 8.91. The summed E-state index contributed by atoms with van der Waals surface area (Å²) in [6.45, 7) is 4.13. The third kappa shape index (κ3) is 3.18. The van der Waals surface area contributed by atoms with Crippen molar-refractivity contribution in [1.29, 1.82) is 0 Å². The molecule has 0 aliphatic rings. The van der Waals surface area contributed by atoms with E-state index in [1.54, 1.807) is 20.2 Å². The predicted octanol–water partition coefficient (Wildman–Crippen LogP) is 4.73. The number of nitrogens with one attached hydrogen (secondary N) is 1. The highest BCUT2D eigenvalue weighted by molar-refractivity contribution is 7.54. The van der Waals surface area contributed by atoms with E-state index in [9.17, 15) is 4.57 Å². The Balaban J connectivity index is 1.95. The Labute approximate surface area is 156 Å². The molecule has 0 aliphatic heterocycles. The number of aromatic amines is 1. The van der Waals surface area contributed by atoms with Crippen molar-refractivity contribution in [2.24, 2.45) is 0 Å². The van der Waals surface area contributed by atoms with Crippen LogP contribution in [0.1, 0.15) is 25.5 Å². The van der Waals surface area contributed by atoms with Crippen molar-refractivity contribution in [3.05, 3.63) is 60.7 Å². The van der Waals surface area contributed by atoms with Crippen LogP contribution in [0.25, 0.3) is 22.1 Å². The minimum absolute atomic E-state index is 0.265. The Hall–Kier alpha value is -2.47. The van der Waals surface area contributed by atoms with Gasteiger partial charge in [0.05, 0.1) is 41.6 Å². The molecule has 1 atom stereocenters. The van der Waals surface area contributed by atoms with Gasteiger partial charge in [-0.1, -0.05) is 24.3 Å². The largest absolute Gasteiger partial charge is 0.361 e. The molecule has 2 heterocycles. The van der Waals surface area contributed by atoms with Gasteiger partial charge in [0.2, 0.25) is 0 Å². The van der Waals surface area contributed by atoms with E-state index in [4.69, 9.17) is 9.05 Å². The van der Waals surface area contributed by atoms with E-state index in [2.05, 4.69) is 15.0 Å². The lowest BCUT2D eigenvalue weighted by Gasteiger charge is -2.26. The number of imidazole rings is 2. The summed E-state index contributed by atoms with van der Waals surface area (Å²) in [4.78, 5) is 12.4. The fraction of sp³-hybridized carbons (Fsp3) is 0.263. The van der Waals surface area contributed by atoms with Crippen molar-refractivity contribution in [1.82, 2.24) is 19.5 Å². The predicted molar refractivity (Wildman–Crippen MR) is 105 cm³/mol. The second-order valence-corrected chi connectivity index (χ2v) is 8.11. The van der Waals surface area contributed by atoms with E-state index in [0.717, 1.165) is 22.1 Å². The quantitative estimate of drug-likeness (QED) is 0.466. The fourth-order valence-electron chi connectivity index (χ4n) is 3.24. The first-order valence-corrected chi connectivity index (χ1v) is 10.5. The summed E-state index contributed by atoms with van der Waals surface area (Å²) < 4.78 is 27.0. The molecule has 8 heteroatoms. The summed E-state index contributed by atoms with van der Waals surface area (Å²) in [5.41, 5.74) is 3.30. The summed E-state index contributed by atoms with van der Waals surface area (Å²) in [7, 11) is -3.57. The number of rotatable bonds is 7. The zero-order valence-electron chi connectivity index (χ0n) is 15.2. The van der Waals surface area contributed by atoms with Crippen LogP contribution in [0.5, 0.6) is 0 Å². The lowest BCUT2D eigenvalue weighted by Crippen LogP contribution is -2.16. The summed E-state index contributed by atoms with van der Waals surface area (Å²) in [5, 5.41) is 0. The van der Waals surface area contributed by atoms with Gasteiger partial charge in [0, 0.05) is 0 Å². The molecule has 0 spiro atoms. The SMILES string of the molecule is CCOP(=O)(OCC)C(c1nc2ccccc2[nH]1)n1cnc2ccccc21. The van der Waals surface area contributed by atoms with E-state index in [0.29, 0.717) is 5.82 Å². The van der Waals surface area contributed by atoms with Crippen LogP contribution in [0.4, 0.5) is 0 Å². The van der Waals surface area contributed by atoms with Gasteiger partial charge in [-0.25, -0.2) is 9.97 Å². The zero-order valence-corrected chi connectivity index (χ0v) is 16.1. The van der Waals surface area contributed by atoms with Crippen molar-refractivity contribution in [3.63, 3.8) is 0 Å². The number of hydrogen-bond acceptors (Lipinski definition) is 5. The monoisotopic (exact) mass is 384 g/mol. The second kappa shape index (κ2) is 7.27. The van der Waals surface area contributed by atoms with Gasteiger partial charge in [-0.05, 0) is 38.1 Å². The van der Waals surface area contributed by atoms with Gasteiger partial charge in [0.15, 0.2) is 5.78 Å². The zero-order chi connectivity index (χ0) is 18.9. The maximum absolute atomic E-state index is 13.8. The fourth-order valence-corrected chi connectivity index (χ4v) is 5.23. The number of para-hydroxylation sites is 4. The van der Waals surface area contributed by atoms with E-state index >= 15 is 0 Å². The van der Waals surface area contributed by atoms with Gasteiger partial charge >= 0.3 is 7.60 Å². The minimum Gasteiger partial charge on any atom is -0.340 e. The standard InChI is InChI=1S/C19H21N4O3P/c1-3-25-27(24,26-4-2)19(18-21-14-9-5-6-10-15(14)22-18)23-13-20-16-11-7-8-12-17(16)23/h5-13,19H,3-4H2,1-2H3,(H,21,22). The average Bonchev–Trinajstić information content (AvgIpc) is 3.27. The van der Waals surface area contributed by atoms with Crippen molar-refractivity contribution in [2.75, 3.05) is 13.2 Å². The highest BCUT2D eigenvalue weighted by Crippen LogP contribution is 2.61. The summed E-state index contributed by atoms with van der Waals surface area (Å²) >= 11 is 0. The van der Waals surface area contributed by atoms with Gasteiger partial charge in [0.1, 0.15) is 5.82 Å². The Kier molecular flexibility index (Phi) is 4.83. The Bertz CT molecular complexity index is 1080. The summed E-state index contributed by atoms with van der Waals surface area (Å²) in [6, 6.07) is 15.4. The lowest BCUT2D eigenvalue weighted by molar-refractivity contribution is 0.208. The molecule has 1 unspecified atom stereocenters. The Morgan fingerprint density at radius 3 is 2.41 bits per heavy atom. The van der Waals surface area contributed by atoms with Crippen molar-refractivity contribution >= 4 is 29.7 Å². The number of fused-ring (bicyclic) bond motifs is 2. The highest BCUT2D eigenvalue weighted by atomic mass is 31.2. The van der Waals surface area contributed by atoms with E-state index in [1.165, 1.54) is 0 Å². The maximum Gasteiger partial charge on any atom is 0.361 e. The van der Waals surface area contributed by atoms with Crippen molar-refractivity contribution in [3.8, 4) is 0 Å². The van der Waals surface area contributed by atoms with E-state index < -0.39 is 13.4 Å². The van der Waals surface area contributed by atoms with Crippen LogP contribution in [0.3, 0.4) is 0 Å². The van der Waals surface area contributed by atoms with Gasteiger partial charge in [-0.15, -0.1) is 0 Å². The smallest absolute Gasteiger partial charge is 0.340 e.